The summed E-state index contributed by atoms with van der Waals surface area (Å²) in [4.78, 5) is 20.2. The molecule has 0 bridgehead atoms. The molecule has 0 aliphatic carbocycles. The Kier molecular flexibility index (Phi) is 5.72. The van der Waals surface area contributed by atoms with Crippen LogP contribution in [0.2, 0.25) is 0 Å². The van der Waals surface area contributed by atoms with E-state index in [0.29, 0.717) is 5.69 Å². The third kappa shape index (κ3) is 4.09. The summed E-state index contributed by atoms with van der Waals surface area (Å²) in [6.07, 6.45) is 5.69. The summed E-state index contributed by atoms with van der Waals surface area (Å²) >= 11 is 0. The number of aromatic nitrogens is 2. The van der Waals surface area contributed by atoms with Crippen molar-refractivity contribution in [3.63, 3.8) is 0 Å². The highest BCUT2D eigenvalue weighted by molar-refractivity contribution is 5.95. The van der Waals surface area contributed by atoms with Gasteiger partial charge in [0.25, 0.3) is 5.91 Å². The molecule has 2 aromatic heterocycles. The van der Waals surface area contributed by atoms with E-state index in [-0.39, 0.29) is 11.9 Å². The van der Waals surface area contributed by atoms with Gasteiger partial charge < -0.3 is 5.32 Å². The average molecular weight is 377 g/mol. The van der Waals surface area contributed by atoms with Crippen molar-refractivity contribution in [1.29, 1.82) is 0 Å². The predicted molar refractivity (Wildman–Crippen MR) is 111 cm³/mol. The first-order valence-electron chi connectivity index (χ1n) is 10.3. The minimum Gasteiger partial charge on any atom is -0.348 e. The molecule has 0 radical (unpaired) electrons. The molecule has 3 heterocycles. The number of aryl methyl sites for hydroxylation is 1. The molecule has 0 atom stereocenters. The molecule has 146 valence electrons. The van der Waals surface area contributed by atoms with Crippen LogP contribution in [0.1, 0.15) is 47.9 Å². The molecule has 1 fully saturated rings. The molecule has 1 aromatic carbocycles. The van der Waals surface area contributed by atoms with Crippen molar-refractivity contribution < 1.29 is 4.79 Å². The van der Waals surface area contributed by atoms with E-state index in [0.717, 1.165) is 56.7 Å². The van der Waals surface area contributed by atoms with Gasteiger partial charge in [-0.05, 0) is 37.0 Å². The van der Waals surface area contributed by atoms with Crippen LogP contribution in [0.25, 0.3) is 5.65 Å². The van der Waals surface area contributed by atoms with E-state index in [1.54, 1.807) is 0 Å². The Hall–Kier alpha value is -2.66. The Labute approximate surface area is 166 Å². The number of likely N-dealkylation sites (tertiary alicyclic amines) is 1. The molecule has 1 aliphatic heterocycles. The normalized spacial score (nSPS) is 15.8. The van der Waals surface area contributed by atoms with E-state index >= 15 is 0 Å². The zero-order valence-corrected chi connectivity index (χ0v) is 16.5. The summed E-state index contributed by atoms with van der Waals surface area (Å²) in [5.41, 5.74) is 3.78. The largest absolute Gasteiger partial charge is 0.348 e. The number of nitrogens with one attached hydrogen (secondary N) is 1. The molecule has 1 N–H and O–H groups in total. The number of rotatable bonds is 6. The highest BCUT2D eigenvalue weighted by Crippen LogP contribution is 2.17. The summed E-state index contributed by atoms with van der Waals surface area (Å²) in [5, 5.41) is 3.27. The van der Waals surface area contributed by atoms with Crippen molar-refractivity contribution in [3.8, 4) is 0 Å². The molecule has 0 spiro atoms. The SMILES string of the molecule is CCCc1nc2ccccn2c1C(=O)NC1CCN(Cc2ccccc2)CC1. The summed E-state index contributed by atoms with van der Waals surface area (Å²) in [7, 11) is 0. The van der Waals surface area contributed by atoms with Gasteiger partial charge in [0, 0.05) is 31.9 Å². The van der Waals surface area contributed by atoms with Gasteiger partial charge in [-0.15, -0.1) is 0 Å². The molecule has 3 aromatic rings. The fourth-order valence-corrected chi connectivity index (χ4v) is 4.03. The van der Waals surface area contributed by atoms with Crippen LogP contribution >= 0.6 is 0 Å². The van der Waals surface area contributed by atoms with Gasteiger partial charge in [0.05, 0.1) is 5.69 Å². The third-order valence-electron chi connectivity index (χ3n) is 5.48. The number of amides is 1. The fraction of sp³-hybridized carbons (Fsp3) is 0.391. The maximum Gasteiger partial charge on any atom is 0.270 e. The van der Waals surface area contributed by atoms with E-state index in [1.165, 1.54) is 5.56 Å². The van der Waals surface area contributed by atoms with Gasteiger partial charge in [0.1, 0.15) is 11.3 Å². The van der Waals surface area contributed by atoms with Crippen molar-refractivity contribution in [1.82, 2.24) is 19.6 Å². The first-order valence-corrected chi connectivity index (χ1v) is 10.3. The third-order valence-corrected chi connectivity index (χ3v) is 5.48. The maximum atomic E-state index is 13.1. The standard InChI is InChI=1S/C23H28N4O/c1-2-8-20-22(27-14-7-6-11-21(27)25-20)23(28)24-19-12-15-26(16-13-19)17-18-9-4-3-5-10-18/h3-7,9-11,14,19H,2,8,12-13,15-17H2,1H3,(H,24,28). The maximum absolute atomic E-state index is 13.1. The molecule has 5 heteroatoms. The molecule has 0 unspecified atom stereocenters. The van der Waals surface area contributed by atoms with E-state index in [1.807, 2.05) is 28.8 Å². The van der Waals surface area contributed by atoms with Crippen LogP contribution in [-0.4, -0.2) is 39.3 Å². The number of pyridine rings is 1. The highest BCUT2D eigenvalue weighted by Gasteiger charge is 2.24. The van der Waals surface area contributed by atoms with Crippen LogP contribution in [0.3, 0.4) is 0 Å². The molecule has 1 amide bonds. The smallest absolute Gasteiger partial charge is 0.270 e. The number of hydrogen-bond donors (Lipinski definition) is 1. The Morgan fingerprint density at radius 1 is 1.11 bits per heavy atom. The Morgan fingerprint density at radius 2 is 1.86 bits per heavy atom. The van der Waals surface area contributed by atoms with Gasteiger partial charge in [-0.25, -0.2) is 4.98 Å². The summed E-state index contributed by atoms with van der Waals surface area (Å²) in [6, 6.07) is 16.7. The molecule has 5 nitrogen and oxygen atoms in total. The van der Waals surface area contributed by atoms with Crippen LogP contribution < -0.4 is 5.32 Å². The Morgan fingerprint density at radius 3 is 2.61 bits per heavy atom. The first-order chi connectivity index (χ1) is 13.7. The summed E-state index contributed by atoms with van der Waals surface area (Å²) < 4.78 is 1.92. The second-order valence-electron chi connectivity index (χ2n) is 7.60. The number of nitrogens with zero attached hydrogens (tertiary/aromatic N) is 3. The lowest BCUT2D eigenvalue weighted by Crippen LogP contribution is -2.44. The molecule has 1 saturated heterocycles. The van der Waals surface area contributed by atoms with Crippen molar-refractivity contribution in [2.75, 3.05) is 13.1 Å². The molecule has 28 heavy (non-hydrogen) atoms. The molecule has 4 rings (SSSR count). The second-order valence-corrected chi connectivity index (χ2v) is 7.60. The van der Waals surface area contributed by atoms with Crippen molar-refractivity contribution >= 4 is 11.6 Å². The first kappa shape index (κ1) is 18.7. The van der Waals surface area contributed by atoms with Gasteiger partial charge in [-0.1, -0.05) is 49.7 Å². The van der Waals surface area contributed by atoms with Crippen molar-refractivity contribution in [2.45, 2.75) is 45.2 Å². The van der Waals surface area contributed by atoms with Crippen LogP contribution in [0, 0.1) is 0 Å². The molecular weight excluding hydrogens is 348 g/mol. The van der Waals surface area contributed by atoms with E-state index in [2.05, 4.69) is 52.5 Å². The van der Waals surface area contributed by atoms with Gasteiger partial charge in [0.15, 0.2) is 0 Å². The molecule has 1 aliphatic rings. The number of carbonyl (C=O) groups excluding carboxylic acids is 1. The minimum atomic E-state index is 0.00339. The zero-order chi connectivity index (χ0) is 19.3. The van der Waals surface area contributed by atoms with Crippen molar-refractivity contribution in [3.05, 3.63) is 71.7 Å². The van der Waals surface area contributed by atoms with Crippen LogP contribution in [0.15, 0.2) is 54.7 Å². The quantitative estimate of drug-likeness (QED) is 0.714. The van der Waals surface area contributed by atoms with Crippen LogP contribution in [-0.2, 0) is 13.0 Å². The number of carbonyl (C=O) groups is 1. The highest BCUT2D eigenvalue weighted by atomic mass is 16.2. The summed E-state index contributed by atoms with van der Waals surface area (Å²) in [5.74, 6) is 0.00339. The topological polar surface area (TPSA) is 49.6 Å². The van der Waals surface area contributed by atoms with Gasteiger partial charge in [0.2, 0.25) is 0 Å². The Balaban J connectivity index is 1.40. The van der Waals surface area contributed by atoms with Crippen molar-refractivity contribution in [2.24, 2.45) is 0 Å². The molecular formula is C23H28N4O. The lowest BCUT2D eigenvalue weighted by molar-refractivity contribution is 0.0902. The van der Waals surface area contributed by atoms with E-state index < -0.39 is 0 Å². The van der Waals surface area contributed by atoms with Gasteiger partial charge >= 0.3 is 0 Å². The number of imidazole rings is 1. The zero-order valence-electron chi connectivity index (χ0n) is 16.5. The van der Waals surface area contributed by atoms with E-state index in [9.17, 15) is 4.79 Å². The minimum absolute atomic E-state index is 0.00339. The fourth-order valence-electron chi connectivity index (χ4n) is 4.03. The molecule has 0 saturated carbocycles. The number of fused-ring (bicyclic) bond motifs is 1. The Bertz CT molecular complexity index is 926. The second kappa shape index (κ2) is 8.57. The monoisotopic (exact) mass is 376 g/mol. The predicted octanol–water partition coefficient (Wildman–Crippen LogP) is 3.68. The van der Waals surface area contributed by atoms with Gasteiger partial charge in [-0.3, -0.25) is 14.1 Å². The number of hydrogen-bond acceptors (Lipinski definition) is 3. The average Bonchev–Trinajstić information content (AvgIpc) is 3.09. The lowest BCUT2D eigenvalue weighted by atomic mass is 10.0. The van der Waals surface area contributed by atoms with Crippen LogP contribution in [0.5, 0.6) is 0 Å². The lowest BCUT2D eigenvalue weighted by Gasteiger charge is -2.32. The summed E-state index contributed by atoms with van der Waals surface area (Å²) in [6.45, 7) is 5.12. The van der Waals surface area contributed by atoms with E-state index in [4.69, 9.17) is 0 Å². The number of piperidine rings is 1. The number of benzene rings is 1. The van der Waals surface area contributed by atoms with Crippen LogP contribution in [0.4, 0.5) is 0 Å². The van der Waals surface area contributed by atoms with Gasteiger partial charge in [-0.2, -0.15) is 0 Å².